The Balaban J connectivity index is 0.000000176. The zero-order chi connectivity index (χ0) is 22.7. The standard InChI is InChI=1S/C10H8F2N2O2.C9H6F2N2O2/c11-9(12)5-1-2-7-6(3-5)8(4-13-7)14-10(15)16;10-9(11)5-1-2-7-6(3-5)8(4-12-7)13(14)15/h1-4,9,13-14H,(H,15,16);1-4,9,12H. The lowest BCUT2D eigenvalue weighted by molar-refractivity contribution is -0.383. The minimum atomic E-state index is -2.62. The average Bonchev–Trinajstić information content (AvgIpc) is 3.31. The van der Waals surface area contributed by atoms with E-state index < -0.39 is 23.9 Å². The highest BCUT2D eigenvalue weighted by Crippen LogP contribution is 2.30. The Kier molecular flexibility index (Phi) is 6.09. The van der Waals surface area contributed by atoms with E-state index in [0.29, 0.717) is 16.4 Å². The second-order valence-electron chi connectivity index (χ2n) is 6.27. The van der Waals surface area contributed by atoms with Crippen molar-refractivity contribution in [3.05, 3.63) is 70.0 Å². The zero-order valence-corrected chi connectivity index (χ0v) is 15.4. The summed E-state index contributed by atoms with van der Waals surface area (Å²) in [7, 11) is 0. The van der Waals surface area contributed by atoms with Crippen LogP contribution < -0.4 is 5.32 Å². The second kappa shape index (κ2) is 8.73. The Morgan fingerprint density at radius 1 is 0.935 bits per heavy atom. The number of nitro groups is 1. The third-order valence-corrected chi connectivity index (χ3v) is 4.33. The number of aromatic amines is 2. The predicted molar refractivity (Wildman–Crippen MR) is 105 cm³/mol. The molecule has 162 valence electrons. The summed E-state index contributed by atoms with van der Waals surface area (Å²) < 4.78 is 49.6. The molecule has 0 aliphatic heterocycles. The third-order valence-electron chi connectivity index (χ3n) is 4.33. The lowest BCUT2D eigenvalue weighted by Gasteiger charge is -2.01. The van der Waals surface area contributed by atoms with Crippen LogP contribution in [0.4, 0.5) is 33.7 Å². The normalized spacial score (nSPS) is 11.0. The molecular formula is C19H14F4N4O4. The molecule has 2 heterocycles. The molecule has 4 N–H and O–H groups in total. The number of rotatable bonds is 4. The first-order chi connectivity index (χ1) is 14.7. The Bertz CT molecular complexity index is 1250. The highest BCUT2D eigenvalue weighted by molar-refractivity contribution is 5.99. The number of fused-ring (bicyclic) bond motifs is 2. The van der Waals surface area contributed by atoms with E-state index in [4.69, 9.17) is 5.11 Å². The summed E-state index contributed by atoms with van der Waals surface area (Å²) in [4.78, 5) is 25.8. The Hall–Kier alpha value is -4.09. The first kappa shape index (κ1) is 21.6. The maximum atomic E-state index is 12.4. The van der Waals surface area contributed by atoms with Crippen molar-refractivity contribution in [3.63, 3.8) is 0 Å². The van der Waals surface area contributed by atoms with Crippen molar-refractivity contribution in [2.45, 2.75) is 12.9 Å². The first-order valence-corrected chi connectivity index (χ1v) is 8.60. The van der Waals surface area contributed by atoms with E-state index in [2.05, 4.69) is 15.3 Å². The number of hydrogen-bond acceptors (Lipinski definition) is 3. The molecule has 0 saturated carbocycles. The number of benzene rings is 2. The van der Waals surface area contributed by atoms with Crippen molar-refractivity contribution in [1.82, 2.24) is 9.97 Å². The lowest BCUT2D eigenvalue weighted by atomic mass is 10.1. The number of nitrogens with zero attached hydrogens (tertiary/aromatic N) is 1. The average molecular weight is 438 g/mol. The van der Waals surface area contributed by atoms with Crippen LogP contribution in [-0.2, 0) is 0 Å². The smallest absolute Gasteiger partial charge is 0.409 e. The van der Waals surface area contributed by atoms with Crippen LogP contribution in [0, 0.1) is 10.1 Å². The van der Waals surface area contributed by atoms with Crippen molar-refractivity contribution in [2.75, 3.05) is 5.32 Å². The SMILES string of the molecule is O=C(O)Nc1c[nH]c2ccc(C(F)F)cc12.O=[N+]([O-])c1c[nH]c2ccc(C(F)F)cc12. The molecule has 0 atom stereocenters. The number of anilines is 1. The molecule has 4 aromatic rings. The first-order valence-electron chi connectivity index (χ1n) is 8.60. The van der Waals surface area contributed by atoms with Crippen LogP contribution in [0.1, 0.15) is 24.0 Å². The molecule has 0 saturated heterocycles. The van der Waals surface area contributed by atoms with Gasteiger partial charge in [0, 0.05) is 28.2 Å². The fourth-order valence-corrected chi connectivity index (χ4v) is 2.90. The van der Waals surface area contributed by atoms with Gasteiger partial charge >= 0.3 is 6.09 Å². The number of H-pyrrole nitrogens is 2. The van der Waals surface area contributed by atoms with Crippen molar-refractivity contribution in [1.29, 1.82) is 0 Å². The van der Waals surface area contributed by atoms with Crippen molar-refractivity contribution >= 4 is 39.3 Å². The quantitative estimate of drug-likeness (QED) is 0.172. The Morgan fingerprint density at radius 2 is 1.45 bits per heavy atom. The van der Waals surface area contributed by atoms with Gasteiger partial charge < -0.3 is 15.1 Å². The fraction of sp³-hybridized carbons (Fsp3) is 0.105. The Labute approximate surface area is 170 Å². The fourth-order valence-electron chi connectivity index (χ4n) is 2.90. The molecule has 0 bridgehead atoms. The molecule has 0 fully saturated rings. The lowest BCUT2D eigenvalue weighted by Crippen LogP contribution is -2.06. The number of hydrogen-bond donors (Lipinski definition) is 4. The molecule has 0 aliphatic rings. The van der Waals surface area contributed by atoms with Crippen LogP contribution in [0.25, 0.3) is 21.8 Å². The maximum Gasteiger partial charge on any atom is 0.409 e. The van der Waals surface area contributed by atoms with Gasteiger partial charge in [-0.15, -0.1) is 0 Å². The van der Waals surface area contributed by atoms with E-state index in [1.807, 2.05) is 0 Å². The van der Waals surface area contributed by atoms with Gasteiger partial charge in [0.2, 0.25) is 0 Å². The number of carboxylic acid groups (broad SMARTS) is 1. The van der Waals surface area contributed by atoms with E-state index in [1.165, 1.54) is 42.7 Å². The number of nitrogens with one attached hydrogen (secondary N) is 3. The second-order valence-corrected chi connectivity index (χ2v) is 6.27. The van der Waals surface area contributed by atoms with E-state index in [-0.39, 0.29) is 27.9 Å². The topological polar surface area (TPSA) is 124 Å². The molecule has 12 heteroatoms. The molecule has 2 aromatic heterocycles. The molecule has 0 unspecified atom stereocenters. The zero-order valence-electron chi connectivity index (χ0n) is 15.4. The summed E-state index contributed by atoms with van der Waals surface area (Å²) >= 11 is 0. The summed E-state index contributed by atoms with van der Waals surface area (Å²) in [5, 5.41) is 21.9. The monoisotopic (exact) mass is 438 g/mol. The van der Waals surface area contributed by atoms with Gasteiger partial charge in [0.25, 0.3) is 18.5 Å². The molecule has 0 radical (unpaired) electrons. The summed E-state index contributed by atoms with van der Waals surface area (Å²) in [5.74, 6) is 0. The maximum absolute atomic E-state index is 12.4. The molecular weight excluding hydrogens is 424 g/mol. The van der Waals surface area contributed by atoms with Crippen molar-refractivity contribution in [3.8, 4) is 0 Å². The molecule has 0 spiro atoms. The van der Waals surface area contributed by atoms with Gasteiger partial charge in [0.15, 0.2) is 0 Å². The van der Waals surface area contributed by atoms with E-state index in [0.717, 1.165) is 6.07 Å². The molecule has 4 rings (SSSR count). The molecule has 0 aliphatic carbocycles. The number of amides is 1. The van der Waals surface area contributed by atoms with Gasteiger partial charge in [-0.2, -0.15) is 0 Å². The van der Waals surface area contributed by atoms with E-state index in [9.17, 15) is 32.5 Å². The molecule has 1 amide bonds. The minimum absolute atomic E-state index is 0.138. The van der Waals surface area contributed by atoms with Crippen molar-refractivity contribution in [2.24, 2.45) is 0 Å². The summed E-state index contributed by atoms with van der Waals surface area (Å²) in [5.41, 5.74) is 0.808. The number of aromatic nitrogens is 2. The van der Waals surface area contributed by atoms with Crippen molar-refractivity contribution < 1.29 is 32.4 Å². The van der Waals surface area contributed by atoms with Crippen LogP contribution in [0.5, 0.6) is 0 Å². The third kappa shape index (κ3) is 4.74. The van der Waals surface area contributed by atoms with Crippen LogP contribution in [-0.4, -0.2) is 26.1 Å². The summed E-state index contributed by atoms with van der Waals surface area (Å²) in [6.07, 6.45) is -3.81. The van der Waals surface area contributed by atoms with E-state index >= 15 is 0 Å². The predicted octanol–water partition coefficient (Wildman–Crippen LogP) is 6.21. The number of carbonyl (C=O) groups is 1. The van der Waals surface area contributed by atoms with Gasteiger partial charge in [-0.3, -0.25) is 15.4 Å². The Morgan fingerprint density at radius 3 is 1.97 bits per heavy atom. The highest BCUT2D eigenvalue weighted by Gasteiger charge is 2.16. The number of halogens is 4. The van der Waals surface area contributed by atoms with Crippen LogP contribution in [0.2, 0.25) is 0 Å². The molecule has 8 nitrogen and oxygen atoms in total. The van der Waals surface area contributed by atoms with Gasteiger partial charge in [-0.1, -0.05) is 12.1 Å². The summed E-state index contributed by atoms with van der Waals surface area (Å²) in [6.45, 7) is 0. The summed E-state index contributed by atoms with van der Waals surface area (Å²) in [6, 6.07) is 7.84. The van der Waals surface area contributed by atoms with Crippen LogP contribution in [0.15, 0.2) is 48.8 Å². The number of alkyl halides is 4. The minimum Gasteiger partial charge on any atom is -0.465 e. The van der Waals surface area contributed by atoms with Gasteiger partial charge in [0.1, 0.15) is 0 Å². The van der Waals surface area contributed by atoms with Crippen LogP contribution in [0.3, 0.4) is 0 Å². The van der Waals surface area contributed by atoms with Gasteiger partial charge in [0.05, 0.1) is 27.7 Å². The largest absolute Gasteiger partial charge is 0.465 e. The molecule has 31 heavy (non-hydrogen) atoms. The highest BCUT2D eigenvalue weighted by atomic mass is 19.3. The van der Waals surface area contributed by atoms with Gasteiger partial charge in [-0.25, -0.2) is 22.4 Å². The van der Waals surface area contributed by atoms with Crippen LogP contribution >= 0.6 is 0 Å². The molecule has 2 aromatic carbocycles. The van der Waals surface area contributed by atoms with Gasteiger partial charge in [-0.05, 0) is 24.3 Å². The van der Waals surface area contributed by atoms with E-state index in [1.54, 1.807) is 0 Å².